The molecule has 1 aromatic rings. The van der Waals surface area contributed by atoms with Crippen LogP contribution >= 0.6 is 0 Å². The molecule has 3 atom stereocenters. The molecule has 0 amide bonds. The molecule has 1 aliphatic rings. The molecule has 17 heavy (non-hydrogen) atoms. The quantitative estimate of drug-likeness (QED) is 0.835. The number of hydrogen-bond acceptors (Lipinski definition) is 4. The van der Waals surface area contributed by atoms with Crippen LogP contribution < -0.4 is 10.1 Å². The summed E-state index contributed by atoms with van der Waals surface area (Å²) >= 11 is 0. The number of hydrogen-bond donors (Lipinski definition) is 2. The van der Waals surface area contributed by atoms with E-state index in [1.165, 1.54) is 6.42 Å². The van der Waals surface area contributed by atoms with Crippen molar-refractivity contribution in [2.45, 2.75) is 31.9 Å². The molecule has 2 N–H and O–H groups in total. The molecule has 0 radical (unpaired) electrons. The first-order chi connectivity index (χ1) is 8.20. The van der Waals surface area contributed by atoms with Gasteiger partial charge in [-0.15, -0.1) is 0 Å². The number of aliphatic hydroxyl groups is 1. The number of methoxy groups -OCH3 is 1. The van der Waals surface area contributed by atoms with Gasteiger partial charge in [0, 0.05) is 12.1 Å². The summed E-state index contributed by atoms with van der Waals surface area (Å²) in [6, 6.07) is 5.58. The van der Waals surface area contributed by atoms with Gasteiger partial charge >= 0.3 is 0 Å². The highest BCUT2D eigenvalue weighted by Gasteiger charge is 2.26. The summed E-state index contributed by atoms with van der Waals surface area (Å²) in [5.74, 6) is 1.20. The maximum absolute atomic E-state index is 10.3. The number of nitrogens with one attached hydrogen (secondary N) is 1. The van der Waals surface area contributed by atoms with Crippen LogP contribution in [0.4, 0.5) is 0 Å². The Morgan fingerprint density at radius 1 is 1.53 bits per heavy atom. The van der Waals surface area contributed by atoms with Crippen molar-refractivity contribution in [2.24, 2.45) is 5.92 Å². The van der Waals surface area contributed by atoms with Crippen LogP contribution in [0.3, 0.4) is 0 Å². The lowest BCUT2D eigenvalue weighted by atomic mass is 9.90. The van der Waals surface area contributed by atoms with Gasteiger partial charge < -0.3 is 15.2 Å². The number of aromatic nitrogens is 1. The van der Waals surface area contributed by atoms with Gasteiger partial charge in [-0.1, -0.05) is 13.0 Å². The minimum absolute atomic E-state index is 0.0957. The van der Waals surface area contributed by atoms with E-state index in [9.17, 15) is 5.11 Å². The maximum atomic E-state index is 10.3. The molecule has 4 nitrogen and oxygen atoms in total. The van der Waals surface area contributed by atoms with Gasteiger partial charge in [-0.25, -0.2) is 4.98 Å². The third kappa shape index (κ3) is 2.96. The molecule has 0 saturated carbocycles. The minimum atomic E-state index is -0.562. The van der Waals surface area contributed by atoms with E-state index in [2.05, 4.69) is 17.2 Å². The molecular formula is C13H20N2O2. The van der Waals surface area contributed by atoms with Crippen LogP contribution in [-0.4, -0.2) is 29.8 Å². The standard InChI is InChI=1S/C13H20N2O2/c1-9-6-7-14-11(8-9)13(16)10-4-3-5-12(15-10)17-2/h3-5,9,11,13-14,16H,6-8H2,1-2H3. The molecule has 1 aliphatic heterocycles. The molecule has 3 unspecified atom stereocenters. The van der Waals surface area contributed by atoms with Crippen molar-refractivity contribution in [3.63, 3.8) is 0 Å². The minimum Gasteiger partial charge on any atom is -0.481 e. The average Bonchev–Trinajstić information content (AvgIpc) is 2.38. The van der Waals surface area contributed by atoms with E-state index in [4.69, 9.17) is 4.74 Å². The zero-order valence-electron chi connectivity index (χ0n) is 10.4. The first kappa shape index (κ1) is 12.3. The van der Waals surface area contributed by atoms with Crippen molar-refractivity contribution in [3.05, 3.63) is 23.9 Å². The van der Waals surface area contributed by atoms with Gasteiger partial charge in [0.25, 0.3) is 0 Å². The molecular weight excluding hydrogens is 216 g/mol. The van der Waals surface area contributed by atoms with Crippen molar-refractivity contribution >= 4 is 0 Å². The smallest absolute Gasteiger partial charge is 0.213 e. The van der Waals surface area contributed by atoms with E-state index >= 15 is 0 Å². The molecule has 94 valence electrons. The van der Waals surface area contributed by atoms with Crippen molar-refractivity contribution in [1.82, 2.24) is 10.3 Å². The third-order valence-electron chi connectivity index (χ3n) is 3.34. The zero-order valence-corrected chi connectivity index (χ0v) is 10.4. The number of piperidine rings is 1. The summed E-state index contributed by atoms with van der Waals surface area (Å²) in [4.78, 5) is 4.28. The van der Waals surface area contributed by atoms with Gasteiger partial charge in [0.2, 0.25) is 5.88 Å². The number of rotatable bonds is 3. The van der Waals surface area contributed by atoms with Gasteiger partial charge in [-0.05, 0) is 31.4 Å². The molecule has 2 rings (SSSR count). The van der Waals surface area contributed by atoms with E-state index in [0.717, 1.165) is 13.0 Å². The number of ether oxygens (including phenoxy) is 1. The van der Waals surface area contributed by atoms with Gasteiger partial charge in [0.1, 0.15) is 6.10 Å². The van der Waals surface area contributed by atoms with Crippen molar-refractivity contribution in [3.8, 4) is 5.88 Å². The number of pyridine rings is 1. The Balaban J connectivity index is 2.09. The van der Waals surface area contributed by atoms with Gasteiger partial charge in [0.05, 0.1) is 12.8 Å². The predicted octanol–water partition coefficient (Wildman–Crippen LogP) is 1.51. The first-order valence-corrected chi connectivity index (χ1v) is 6.13. The van der Waals surface area contributed by atoms with Crippen molar-refractivity contribution in [2.75, 3.05) is 13.7 Å². The highest BCUT2D eigenvalue weighted by Crippen LogP contribution is 2.25. The molecule has 0 bridgehead atoms. The normalized spacial score (nSPS) is 26.5. The highest BCUT2D eigenvalue weighted by atomic mass is 16.5. The van der Waals surface area contributed by atoms with Crippen LogP contribution in [0.2, 0.25) is 0 Å². The molecule has 1 saturated heterocycles. The Bertz CT molecular complexity index is 370. The Labute approximate surface area is 102 Å². The van der Waals surface area contributed by atoms with Crippen molar-refractivity contribution in [1.29, 1.82) is 0 Å². The van der Waals surface area contributed by atoms with Crippen LogP contribution in [0.25, 0.3) is 0 Å². The second kappa shape index (κ2) is 5.47. The summed E-state index contributed by atoms with van der Waals surface area (Å²) in [5, 5.41) is 13.7. The van der Waals surface area contributed by atoms with Crippen molar-refractivity contribution < 1.29 is 9.84 Å². The molecule has 2 heterocycles. The largest absolute Gasteiger partial charge is 0.481 e. The summed E-state index contributed by atoms with van der Waals surface area (Å²) in [5.41, 5.74) is 0.677. The summed E-state index contributed by atoms with van der Waals surface area (Å²) in [6.07, 6.45) is 1.60. The van der Waals surface area contributed by atoms with Crippen LogP contribution in [0, 0.1) is 5.92 Å². The van der Waals surface area contributed by atoms with Gasteiger partial charge in [-0.2, -0.15) is 0 Å². The van der Waals surface area contributed by atoms with E-state index in [0.29, 0.717) is 17.5 Å². The average molecular weight is 236 g/mol. The van der Waals surface area contributed by atoms with E-state index in [-0.39, 0.29) is 6.04 Å². The third-order valence-corrected chi connectivity index (χ3v) is 3.34. The van der Waals surface area contributed by atoms with Gasteiger partial charge in [-0.3, -0.25) is 0 Å². The van der Waals surface area contributed by atoms with Crippen LogP contribution in [0.15, 0.2) is 18.2 Å². The highest BCUT2D eigenvalue weighted by molar-refractivity contribution is 5.18. The van der Waals surface area contributed by atoms with Crippen LogP contribution in [0.5, 0.6) is 5.88 Å². The summed E-state index contributed by atoms with van der Waals surface area (Å²) in [6.45, 7) is 3.19. The predicted molar refractivity (Wildman–Crippen MR) is 65.9 cm³/mol. The molecule has 1 aromatic heterocycles. The maximum Gasteiger partial charge on any atom is 0.213 e. The Morgan fingerprint density at radius 2 is 2.35 bits per heavy atom. The fraction of sp³-hybridized carbons (Fsp3) is 0.615. The molecule has 4 heteroatoms. The second-order valence-electron chi connectivity index (χ2n) is 4.74. The Hall–Kier alpha value is -1.13. The van der Waals surface area contributed by atoms with E-state index in [1.807, 2.05) is 12.1 Å². The van der Waals surface area contributed by atoms with E-state index < -0.39 is 6.10 Å². The lowest BCUT2D eigenvalue weighted by Gasteiger charge is -2.31. The van der Waals surface area contributed by atoms with E-state index in [1.54, 1.807) is 13.2 Å². The number of aliphatic hydroxyl groups excluding tert-OH is 1. The van der Waals surface area contributed by atoms with Crippen LogP contribution in [0.1, 0.15) is 31.6 Å². The van der Waals surface area contributed by atoms with Gasteiger partial charge in [0.15, 0.2) is 0 Å². The monoisotopic (exact) mass is 236 g/mol. The van der Waals surface area contributed by atoms with Crippen LogP contribution in [-0.2, 0) is 0 Å². The first-order valence-electron chi connectivity index (χ1n) is 6.13. The lowest BCUT2D eigenvalue weighted by Crippen LogP contribution is -2.41. The topological polar surface area (TPSA) is 54.4 Å². The fourth-order valence-electron chi connectivity index (χ4n) is 2.31. The molecule has 0 aliphatic carbocycles. The second-order valence-corrected chi connectivity index (χ2v) is 4.74. The fourth-order valence-corrected chi connectivity index (χ4v) is 2.31. The molecule has 0 spiro atoms. The Morgan fingerprint density at radius 3 is 3.06 bits per heavy atom. The zero-order chi connectivity index (χ0) is 12.3. The number of nitrogens with zero attached hydrogens (tertiary/aromatic N) is 1. The SMILES string of the molecule is COc1cccc(C(O)C2CC(C)CCN2)n1. The summed E-state index contributed by atoms with van der Waals surface area (Å²) in [7, 11) is 1.58. The lowest BCUT2D eigenvalue weighted by molar-refractivity contribution is 0.0972. The molecule has 0 aromatic carbocycles. The summed E-state index contributed by atoms with van der Waals surface area (Å²) < 4.78 is 5.07. The molecule has 1 fully saturated rings. The Kier molecular flexibility index (Phi) is 3.97.